The Hall–Kier alpha value is -0.590. The molecule has 0 unspecified atom stereocenters. The lowest BCUT2D eigenvalue weighted by Gasteiger charge is -1.89. The number of allylic oxidation sites excluding steroid dienone is 2. The summed E-state index contributed by atoms with van der Waals surface area (Å²) >= 11 is 0. The normalized spacial score (nSPS) is 9.40. The SMILES string of the molecule is C.C/C=C/CCCC(C)=O. The van der Waals surface area contributed by atoms with Crippen LogP contribution in [0.15, 0.2) is 12.2 Å². The van der Waals surface area contributed by atoms with Crippen molar-refractivity contribution in [3.05, 3.63) is 12.2 Å². The fourth-order valence-corrected chi connectivity index (χ4v) is 0.636. The molecule has 0 N–H and O–H groups in total. The van der Waals surface area contributed by atoms with Crippen molar-refractivity contribution in [1.82, 2.24) is 0 Å². The molecule has 0 atom stereocenters. The van der Waals surface area contributed by atoms with E-state index in [2.05, 4.69) is 6.08 Å². The molecule has 0 aromatic rings. The summed E-state index contributed by atoms with van der Waals surface area (Å²) in [6, 6.07) is 0. The van der Waals surface area contributed by atoms with Crippen LogP contribution < -0.4 is 0 Å². The monoisotopic (exact) mass is 142 g/mol. The van der Waals surface area contributed by atoms with Crippen LogP contribution in [0.5, 0.6) is 0 Å². The zero-order valence-corrected chi connectivity index (χ0v) is 6.18. The second-order valence-electron chi connectivity index (χ2n) is 2.16. The maximum Gasteiger partial charge on any atom is 0.129 e. The molecule has 0 amide bonds. The Morgan fingerprint density at radius 1 is 1.50 bits per heavy atom. The van der Waals surface area contributed by atoms with Crippen LogP contribution in [0.25, 0.3) is 0 Å². The van der Waals surface area contributed by atoms with Gasteiger partial charge >= 0.3 is 0 Å². The number of Topliss-reactive ketones (excluding diaryl/α,β-unsaturated/α-hetero) is 1. The van der Waals surface area contributed by atoms with Crippen LogP contribution in [0.3, 0.4) is 0 Å². The third-order valence-electron chi connectivity index (χ3n) is 1.14. The standard InChI is InChI=1S/C8H14O.CH4/c1-3-4-5-6-7-8(2)9;/h3-4H,5-7H2,1-2H3;1H4/b4-3+;. The molecule has 0 aliphatic rings. The highest BCUT2D eigenvalue weighted by Crippen LogP contribution is 1.96. The summed E-state index contributed by atoms with van der Waals surface area (Å²) in [7, 11) is 0. The maximum atomic E-state index is 10.4. The first-order valence-electron chi connectivity index (χ1n) is 3.38. The number of hydrogen-bond donors (Lipinski definition) is 0. The van der Waals surface area contributed by atoms with E-state index < -0.39 is 0 Å². The number of carbonyl (C=O) groups excluding carboxylic acids is 1. The highest BCUT2D eigenvalue weighted by molar-refractivity contribution is 5.75. The molecule has 1 heteroatoms. The van der Waals surface area contributed by atoms with E-state index in [0.717, 1.165) is 19.3 Å². The van der Waals surface area contributed by atoms with Crippen LogP contribution in [-0.2, 0) is 4.79 Å². The summed E-state index contributed by atoms with van der Waals surface area (Å²) < 4.78 is 0. The van der Waals surface area contributed by atoms with E-state index in [1.165, 1.54) is 0 Å². The molecule has 0 aliphatic heterocycles. The molecule has 0 rings (SSSR count). The first kappa shape index (κ1) is 12.1. The van der Waals surface area contributed by atoms with Crippen LogP contribution in [0.2, 0.25) is 0 Å². The Morgan fingerprint density at radius 2 is 2.10 bits per heavy atom. The number of ketones is 1. The van der Waals surface area contributed by atoms with Gasteiger partial charge in [0.2, 0.25) is 0 Å². The fourth-order valence-electron chi connectivity index (χ4n) is 0.636. The number of unbranched alkanes of at least 4 members (excludes halogenated alkanes) is 1. The Labute approximate surface area is 64.1 Å². The van der Waals surface area contributed by atoms with Gasteiger partial charge in [0, 0.05) is 6.42 Å². The minimum atomic E-state index is 0. The van der Waals surface area contributed by atoms with Crippen molar-refractivity contribution in [2.24, 2.45) is 0 Å². The number of rotatable bonds is 4. The first-order chi connectivity index (χ1) is 4.27. The van der Waals surface area contributed by atoms with E-state index in [1.54, 1.807) is 6.92 Å². The van der Waals surface area contributed by atoms with Gasteiger partial charge in [0.05, 0.1) is 0 Å². The molecule has 0 bridgehead atoms. The largest absolute Gasteiger partial charge is 0.300 e. The van der Waals surface area contributed by atoms with Crippen molar-refractivity contribution < 1.29 is 4.79 Å². The average Bonchev–Trinajstić information content (AvgIpc) is 1.80. The minimum Gasteiger partial charge on any atom is -0.300 e. The molecule has 0 saturated heterocycles. The summed E-state index contributed by atoms with van der Waals surface area (Å²) in [6.07, 6.45) is 6.86. The van der Waals surface area contributed by atoms with E-state index in [4.69, 9.17) is 0 Å². The van der Waals surface area contributed by atoms with Crippen molar-refractivity contribution in [1.29, 1.82) is 0 Å². The van der Waals surface area contributed by atoms with Gasteiger partial charge in [-0.15, -0.1) is 0 Å². The van der Waals surface area contributed by atoms with Gasteiger partial charge in [0.25, 0.3) is 0 Å². The summed E-state index contributed by atoms with van der Waals surface area (Å²) in [6.45, 7) is 3.63. The lowest BCUT2D eigenvalue weighted by Crippen LogP contribution is -1.87. The molecule has 0 radical (unpaired) electrons. The second-order valence-corrected chi connectivity index (χ2v) is 2.16. The predicted molar refractivity (Wildman–Crippen MR) is 46.1 cm³/mol. The highest BCUT2D eigenvalue weighted by Gasteiger charge is 1.88. The average molecular weight is 142 g/mol. The van der Waals surface area contributed by atoms with Crippen molar-refractivity contribution in [3.8, 4) is 0 Å². The molecule has 0 saturated carbocycles. The topological polar surface area (TPSA) is 17.1 Å². The molecular formula is C9H18O. The summed E-state index contributed by atoms with van der Waals surface area (Å²) in [4.78, 5) is 10.4. The second kappa shape index (κ2) is 8.41. The lowest BCUT2D eigenvalue weighted by molar-refractivity contribution is -0.117. The molecule has 1 nitrogen and oxygen atoms in total. The zero-order chi connectivity index (χ0) is 7.11. The first-order valence-corrected chi connectivity index (χ1v) is 3.38. The maximum absolute atomic E-state index is 10.4. The molecule has 60 valence electrons. The fraction of sp³-hybridized carbons (Fsp3) is 0.667. The van der Waals surface area contributed by atoms with Crippen molar-refractivity contribution in [2.45, 2.75) is 40.5 Å². The molecule has 0 aromatic carbocycles. The van der Waals surface area contributed by atoms with Gasteiger partial charge in [-0.1, -0.05) is 19.6 Å². The molecule has 0 heterocycles. The van der Waals surface area contributed by atoms with Crippen LogP contribution in [0, 0.1) is 0 Å². The van der Waals surface area contributed by atoms with Crippen LogP contribution in [0.4, 0.5) is 0 Å². The third-order valence-corrected chi connectivity index (χ3v) is 1.14. The molecule has 0 spiro atoms. The van der Waals surface area contributed by atoms with Crippen LogP contribution in [0.1, 0.15) is 40.5 Å². The van der Waals surface area contributed by atoms with E-state index in [9.17, 15) is 4.79 Å². The molecule has 10 heavy (non-hydrogen) atoms. The number of carbonyl (C=O) groups is 1. The Bertz CT molecular complexity index is 103. The van der Waals surface area contributed by atoms with Gasteiger partial charge in [-0.3, -0.25) is 0 Å². The highest BCUT2D eigenvalue weighted by atomic mass is 16.1. The smallest absolute Gasteiger partial charge is 0.129 e. The van der Waals surface area contributed by atoms with Gasteiger partial charge in [0.1, 0.15) is 5.78 Å². The molecule has 0 fully saturated rings. The summed E-state index contributed by atoms with van der Waals surface area (Å²) in [5, 5.41) is 0. The van der Waals surface area contributed by atoms with E-state index >= 15 is 0 Å². The number of hydrogen-bond acceptors (Lipinski definition) is 1. The predicted octanol–water partition coefficient (Wildman–Crippen LogP) is 2.96. The molecule has 0 aliphatic carbocycles. The van der Waals surface area contributed by atoms with Crippen molar-refractivity contribution in [2.75, 3.05) is 0 Å². The van der Waals surface area contributed by atoms with Gasteiger partial charge in [0.15, 0.2) is 0 Å². The molecular weight excluding hydrogens is 124 g/mol. The zero-order valence-electron chi connectivity index (χ0n) is 6.18. The van der Waals surface area contributed by atoms with Gasteiger partial charge in [-0.05, 0) is 26.7 Å². The van der Waals surface area contributed by atoms with Crippen molar-refractivity contribution >= 4 is 5.78 Å². The van der Waals surface area contributed by atoms with E-state index in [1.807, 2.05) is 13.0 Å². The van der Waals surface area contributed by atoms with Gasteiger partial charge < -0.3 is 4.79 Å². The Kier molecular flexibility index (Phi) is 10.2. The van der Waals surface area contributed by atoms with Crippen LogP contribution in [-0.4, -0.2) is 5.78 Å². The quantitative estimate of drug-likeness (QED) is 0.435. The Morgan fingerprint density at radius 3 is 2.50 bits per heavy atom. The third kappa shape index (κ3) is 10.4. The summed E-state index contributed by atoms with van der Waals surface area (Å²) in [5.41, 5.74) is 0. The van der Waals surface area contributed by atoms with Crippen molar-refractivity contribution in [3.63, 3.8) is 0 Å². The van der Waals surface area contributed by atoms with Gasteiger partial charge in [-0.2, -0.15) is 0 Å². The lowest BCUT2D eigenvalue weighted by atomic mass is 10.2. The Balaban J connectivity index is 0. The van der Waals surface area contributed by atoms with Crippen LogP contribution >= 0.6 is 0 Å². The van der Waals surface area contributed by atoms with E-state index in [0.29, 0.717) is 5.78 Å². The summed E-state index contributed by atoms with van der Waals surface area (Å²) in [5.74, 6) is 0.291. The van der Waals surface area contributed by atoms with E-state index in [-0.39, 0.29) is 7.43 Å². The van der Waals surface area contributed by atoms with Gasteiger partial charge in [-0.25, -0.2) is 0 Å². The minimum absolute atomic E-state index is 0. The molecule has 0 aromatic heterocycles.